The standard InChI is InChI=1S/C21H24N6O3/c1-13-9-14(2)27(22-13)18-7-8-19(28)26(23-18)12-15-10-25(11-15)21(29)20-16-5-3-4-6-17(16)24-30-20/h7-9,15H,3-6,10-12H2,1-2H3. The minimum absolute atomic E-state index is 0.0985. The molecule has 9 heteroatoms. The fourth-order valence-electron chi connectivity index (χ4n) is 4.34. The van der Waals surface area contributed by atoms with Gasteiger partial charge >= 0.3 is 0 Å². The van der Waals surface area contributed by atoms with Gasteiger partial charge in [0.15, 0.2) is 5.82 Å². The molecule has 0 spiro atoms. The second kappa shape index (κ2) is 7.23. The molecule has 4 heterocycles. The zero-order valence-corrected chi connectivity index (χ0v) is 17.2. The monoisotopic (exact) mass is 408 g/mol. The Bertz CT molecular complexity index is 1170. The highest BCUT2D eigenvalue weighted by atomic mass is 16.5. The lowest BCUT2D eigenvalue weighted by Gasteiger charge is -2.38. The molecule has 2 aliphatic rings. The Morgan fingerprint density at radius 2 is 1.97 bits per heavy atom. The largest absolute Gasteiger partial charge is 0.350 e. The van der Waals surface area contributed by atoms with Crippen LogP contribution in [0.2, 0.25) is 0 Å². The summed E-state index contributed by atoms with van der Waals surface area (Å²) in [5.41, 5.74) is 3.61. The first-order chi connectivity index (χ1) is 14.5. The number of nitrogens with zero attached hydrogens (tertiary/aromatic N) is 6. The third-order valence-corrected chi connectivity index (χ3v) is 5.91. The SMILES string of the molecule is Cc1cc(C)n(-c2ccc(=O)n(CC3CN(C(=O)c4onc5c4CCCC5)C3)n2)n1. The van der Waals surface area contributed by atoms with E-state index in [1.54, 1.807) is 15.6 Å². The number of carbonyl (C=O) groups excluding carboxylic acids is 1. The van der Waals surface area contributed by atoms with E-state index in [1.165, 1.54) is 10.7 Å². The topological polar surface area (TPSA) is 99.1 Å². The van der Waals surface area contributed by atoms with Crippen LogP contribution in [0.15, 0.2) is 27.5 Å². The summed E-state index contributed by atoms with van der Waals surface area (Å²) in [5.74, 6) is 1.08. The fraction of sp³-hybridized carbons (Fsp3) is 0.476. The average molecular weight is 408 g/mol. The molecule has 0 radical (unpaired) electrons. The first-order valence-electron chi connectivity index (χ1n) is 10.4. The number of aromatic nitrogens is 5. The van der Waals surface area contributed by atoms with Crippen LogP contribution in [0.25, 0.3) is 5.82 Å². The van der Waals surface area contributed by atoms with Crippen molar-refractivity contribution >= 4 is 5.91 Å². The van der Waals surface area contributed by atoms with Gasteiger partial charge in [-0.2, -0.15) is 5.10 Å². The molecule has 1 saturated heterocycles. The van der Waals surface area contributed by atoms with Gasteiger partial charge in [0.25, 0.3) is 11.5 Å². The number of amides is 1. The molecule has 5 rings (SSSR count). The van der Waals surface area contributed by atoms with Gasteiger partial charge in [-0.25, -0.2) is 9.36 Å². The average Bonchev–Trinajstić information content (AvgIpc) is 3.28. The third-order valence-electron chi connectivity index (χ3n) is 5.91. The highest BCUT2D eigenvalue weighted by molar-refractivity contribution is 5.93. The summed E-state index contributed by atoms with van der Waals surface area (Å²) in [6, 6.07) is 5.16. The quantitative estimate of drug-likeness (QED) is 0.651. The summed E-state index contributed by atoms with van der Waals surface area (Å²) in [6.45, 7) is 5.49. The van der Waals surface area contributed by atoms with E-state index in [2.05, 4.69) is 15.4 Å². The molecule has 0 unspecified atom stereocenters. The van der Waals surface area contributed by atoms with Crippen molar-refractivity contribution in [3.63, 3.8) is 0 Å². The summed E-state index contributed by atoms with van der Waals surface area (Å²) in [5, 5.41) is 13.0. The van der Waals surface area contributed by atoms with E-state index in [4.69, 9.17) is 4.52 Å². The van der Waals surface area contributed by atoms with Crippen LogP contribution in [-0.4, -0.2) is 48.6 Å². The minimum Gasteiger partial charge on any atom is -0.350 e. The van der Waals surface area contributed by atoms with Crippen LogP contribution in [-0.2, 0) is 19.4 Å². The molecule has 1 aliphatic carbocycles. The van der Waals surface area contributed by atoms with Crippen LogP contribution in [0.1, 0.15) is 46.0 Å². The Kier molecular flexibility index (Phi) is 4.52. The van der Waals surface area contributed by atoms with E-state index in [0.717, 1.165) is 48.3 Å². The van der Waals surface area contributed by atoms with Crippen molar-refractivity contribution < 1.29 is 9.32 Å². The lowest BCUT2D eigenvalue weighted by atomic mass is 9.94. The van der Waals surface area contributed by atoms with E-state index in [9.17, 15) is 9.59 Å². The Morgan fingerprint density at radius 3 is 2.73 bits per heavy atom. The molecule has 1 amide bonds. The van der Waals surface area contributed by atoms with Crippen LogP contribution in [0.4, 0.5) is 0 Å². The van der Waals surface area contributed by atoms with Gasteiger partial charge < -0.3 is 9.42 Å². The fourth-order valence-corrected chi connectivity index (χ4v) is 4.34. The molecule has 156 valence electrons. The van der Waals surface area contributed by atoms with Gasteiger partial charge in [-0.05, 0) is 51.7 Å². The summed E-state index contributed by atoms with van der Waals surface area (Å²) < 4.78 is 8.57. The second-order valence-corrected chi connectivity index (χ2v) is 8.27. The van der Waals surface area contributed by atoms with Crippen LogP contribution in [0.5, 0.6) is 0 Å². The number of fused-ring (bicyclic) bond motifs is 1. The zero-order valence-electron chi connectivity index (χ0n) is 17.2. The first-order valence-corrected chi connectivity index (χ1v) is 10.4. The molecule has 30 heavy (non-hydrogen) atoms. The van der Waals surface area contributed by atoms with Gasteiger partial charge in [-0.15, -0.1) is 5.10 Å². The maximum Gasteiger partial charge on any atom is 0.292 e. The van der Waals surface area contributed by atoms with E-state index < -0.39 is 0 Å². The van der Waals surface area contributed by atoms with E-state index >= 15 is 0 Å². The van der Waals surface area contributed by atoms with Gasteiger partial charge in [0.1, 0.15) is 0 Å². The number of hydrogen-bond donors (Lipinski definition) is 0. The lowest BCUT2D eigenvalue weighted by molar-refractivity contribution is 0.0417. The van der Waals surface area contributed by atoms with Crippen molar-refractivity contribution in [2.24, 2.45) is 5.92 Å². The third kappa shape index (κ3) is 3.24. The Morgan fingerprint density at radius 1 is 1.17 bits per heavy atom. The predicted molar refractivity (Wildman–Crippen MR) is 108 cm³/mol. The number of aryl methyl sites for hydroxylation is 3. The normalized spacial score (nSPS) is 16.4. The van der Waals surface area contributed by atoms with Crippen LogP contribution < -0.4 is 5.56 Å². The van der Waals surface area contributed by atoms with Crippen molar-refractivity contribution in [3.8, 4) is 5.82 Å². The number of likely N-dealkylation sites (tertiary alicyclic amines) is 1. The van der Waals surface area contributed by atoms with Gasteiger partial charge in [-0.3, -0.25) is 9.59 Å². The number of hydrogen-bond acceptors (Lipinski definition) is 6. The lowest BCUT2D eigenvalue weighted by Crippen LogP contribution is -2.52. The maximum atomic E-state index is 12.8. The summed E-state index contributed by atoms with van der Waals surface area (Å²) >= 11 is 0. The Hall–Kier alpha value is -3.23. The number of carbonyl (C=O) groups is 1. The molecule has 0 aromatic carbocycles. The Balaban J connectivity index is 1.27. The van der Waals surface area contributed by atoms with Gasteiger partial charge in [0.2, 0.25) is 5.76 Å². The van der Waals surface area contributed by atoms with Crippen LogP contribution in [0.3, 0.4) is 0 Å². The van der Waals surface area contributed by atoms with Gasteiger partial charge in [-0.1, -0.05) is 5.16 Å². The second-order valence-electron chi connectivity index (χ2n) is 8.27. The minimum atomic E-state index is -0.158. The molecule has 0 atom stereocenters. The molecule has 1 fully saturated rings. The summed E-state index contributed by atoms with van der Waals surface area (Å²) in [7, 11) is 0. The van der Waals surface area contributed by atoms with Crippen LogP contribution in [0, 0.1) is 19.8 Å². The van der Waals surface area contributed by atoms with Crippen molar-refractivity contribution in [1.29, 1.82) is 0 Å². The molecular formula is C21H24N6O3. The molecule has 3 aromatic rings. The van der Waals surface area contributed by atoms with Crippen molar-refractivity contribution in [2.75, 3.05) is 13.1 Å². The summed E-state index contributed by atoms with van der Waals surface area (Å²) in [6.07, 6.45) is 3.90. The molecule has 0 saturated carbocycles. The van der Waals surface area contributed by atoms with Crippen LogP contribution >= 0.6 is 0 Å². The predicted octanol–water partition coefficient (Wildman–Crippen LogP) is 1.68. The van der Waals surface area contributed by atoms with Crippen molar-refractivity contribution in [1.82, 2.24) is 29.6 Å². The molecule has 3 aromatic heterocycles. The van der Waals surface area contributed by atoms with Crippen molar-refractivity contribution in [2.45, 2.75) is 46.1 Å². The molecule has 0 N–H and O–H groups in total. The molecule has 0 bridgehead atoms. The van der Waals surface area contributed by atoms with E-state index in [-0.39, 0.29) is 17.4 Å². The maximum absolute atomic E-state index is 12.8. The molecular weight excluding hydrogens is 384 g/mol. The highest BCUT2D eigenvalue weighted by Gasteiger charge is 2.36. The Labute approximate surface area is 173 Å². The first kappa shape index (κ1) is 18.8. The van der Waals surface area contributed by atoms with E-state index in [0.29, 0.717) is 31.2 Å². The van der Waals surface area contributed by atoms with Gasteiger partial charge in [0.05, 0.1) is 17.9 Å². The highest BCUT2D eigenvalue weighted by Crippen LogP contribution is 2.27. The molecule has 1 aliphatic heterocycles. The zero-order chi connectivity index (χ0) is 20.8. The molecule has 9 nitrogen and oxygen atoms in total. The van der Waals surface area contributed by atoms with Crippen molar-refractivity contribution in [3.05, 3.63) is 57.0 Å². The number of rotatable bonds is 4. The summed E-state index contributed by atoms with van der Waals surface area (Å²) in [4.78, 5) is 26.9. The van der Waals surface area contributed by atoms with Gasteiger partial charge in [0, 0.05) is 36.3 Å². The smallest absolute Gasteiger partial charge is 0.292 e. The van der Waals surface area contributed by atoms with E-state index in [1.807, 2.05) is 19.9 Å².